The predicted octanol–water partition coefficient (Wildman–Crippen LogP) is 18.9. The van der Waals surface area contributed by atoms with Crippen LogP contribution in [0.2, 0.25) is 0 Å². The molecule has 29 nitrogen and oxygen atoms in total. The van der Waals surface area contributed by atoms with E-state index in [4.69, 9.17) is 10.5 Å². The Kier molecular flexibility index (Phi) is 37.0. The molecule has 0 N–H and O–H groups in total. The SMILES string of the molecule is C1CCCC1.CN1C=C2c3ccccc3-c3ccc(N4[CH-]N(C)c5ccccc54)[c-]c3N2[CH-]1.CN1[CH-]N(c2[c-]c(N3C=NN(C)[CH-]3)c(F)cc2F)C=N1.Cc1nc(C)c(N2C=NN(C)[CH-]2)[c-]c1N1C=NN(C)[CH-]1.Fc1cc(F)c(N2C=NN(c3ccccc3)[CH-]2)[c-]c1N1C=NN(c2ccccc2)[CH-]1.N#Cc1ccc(N2[CH-]N(c3[c-]c(N4[CH-]N(c5ccc(C#N)cc5)CC4)c(F)cc3F)CC2)cc1.[CH3-].[Os+4].[Os].[Os].[Os].[Os]. The van der Waals surface area contributed by atoms with Gasteiger partial charge in [-0.15, -0.1) is 87.7 Å². The van der Waals surface area contributed by atoms with E-state index in [1.807, 2.05) is 146 Å². The first-order chi connectivity index (χ1) is 66.5. The van der Waals surface area contributed by atoms with E-state index in [1.165, 1.54) is 121 Å². The van der Waals surface area contributed by atoms with Crippen LogP contribution in [-0.4, -0.2) is 136 Å². The molecule has 143 heavy (non-hydrogen) atoms. The molecule has 1 aromatic heterocycles. The summed E-state index contributed by atoms with van der Waals surface area (Å²) in [6, 6.07) is 76.8. The first-order valence-corrected chi connectivity index (χ1v) is 43.8. The average molecular weight is 2800 g/mol. The molecule has 0 amide bonds. The molecule has 12 aliphatic rings. The number of rotatable bonds is 13. The maximum atomic E-state index is 14.8. The molecule has 0 bridgehead atoms. The van der Waals surface area contributed by atoms with Crippen LogP contribution in [0.4, 0.5) is 117 Å². The maximum Gasteiger partial charge on any atom is 4.00 e. The van der Waals surface area contributed by atoms with Gasteiger partial charge in [0.15, 0.2) is 0 Å². The molecule has 0 atom stereocenters. The summed E-state index contributed by atoms with van der Waals surface area (Å²) in [5.74, 6) is -4.28. The Morgan fingerprint density at radius 1 is 0.322 bits per heavy atom. The van der Waals surface area contributed by atoms with Crippen molar-refractivity contribution in [3.63, 3.8) is 0 Å². The Morgan fingerprint density at radius 2 is 0.671 bits per heavy atom. The second-order valence-electron chi connectivity index (χ2n) is 32.8. The number of hydrazone groups is 6. The van der Waals surface area contributed by atoms with Crippen LogP contribution < -0.4 is 73.7 Å². The van der Waals surface area contributed by atoms with Gasteiger partial charge in [0.25, 0.3) is 0 Å². The number of anilines is 16. The summed E-state index contributed by atoms with van der Waals surface area (Å²) in [6.07, 6.45) is 18.9. The number of hydrogen-bond acceptors (Lipinski definition) is 29. The van der Waals surface area contributed by atoms with Crippen LogP contribution in [0.5, 0.6) is 0 Å². The zero-order valence-electron chi connectivity index (χ0n) is 78.6. The number of nitrogens with zero attached hydrogens (tertiary/aromatic N) is 29. The van der Waals surface area contributed by atoms with Crippen molar-refractivity contribution in [2.24, 2.45) is 30.6 Å². The Hall–Kier alpha value is -13.1. The molecule has 0 radical (unpaired) electrons. The third kappa shape index (κ3) is 24.5. The van der Waals surface area contributed by atoms with E-state index in [2.05, 4.69) is 192 Å². The summed E-state index contributed by atoms with van der Waals surface area (Å²) < 4.78 is 86.4. The maximum absolute atomic E-state index is 14.8. The van der Waals surface area contributed by atoms with E-state index in [0.717, 1.165) is 75.1 Å². The smallest absolute Gasteiger partial charge is 0.520 e. The number of hydrogen-bond donors (Lipinski definition) is 0. The quantitative estimate of drug-likeness (QED) is 0.0779. The Morgan fingerprint density at radius 3 is 1.08 bits per heavy atom. The zero-order valence-corrected chi connectivity index (χ0v) is 91.3. The number of aryl methyl sites for hydroxylation is 2. The molecule has 23 rings (SSSR count). The van der Waals surface area contributed by atoms with E-state index < -0.39 is 34.9 Å². The molecule has 40 heteroatoms. The van der Waals surface area contributed by atoms with Crippen LogP contribution >= 0.6 is 0 Å². The van der Waals surface area contributed by atoms with Gasteiger partial charge in [-0.25, -0.2) is 20.4 Å². The fourth-order valence-electron chi connectivity index (χ4n) is 16.4. The van der Waals surface area contributed by atoms with Gasteiger partial charge in [-0.2, -0.15) is 53.5 Å². The van der Waals surface area contributed by atoms with Gasteiger partial charge in [0.05, 0.1) is 61.3 Å². The Labute approximate surface area is 896 Å². The topological polar surface area (TPSA) is 199 Å². The molecular weight excluding hydrogens is 2710 g/mol. The minimum atomic E-state index is -0.745. The molecule has 0 unspecified atom stereocenters. The average Bonchev–Trinajstić information content (AvgIpc) is 1.58. The fourth-order valence-corrected chi connectivity index (χ4v) is 16.4. The van der Waals surface area contributed by atoms with Crippen molar-refractivity contribution in [2.45, 2.75) is 46.0 Å². The van der Waals surface area contributed by atoms with Crippen molar-refractivity contribution in [1.82, 2.24) is 29.9 Å². The van der Waals surface area contributed by atoms with E-state index in [0.29, 0.717) is 37.3 Å². The minimum Gasteiger partial charge on any atom is -0.520 e. The molecule has 11 aliphatic heterocycles. The largest absolute Gasteiger partial charge is 4.00 e. The monoisotopic (exact) mass is 2810 g/mol. The normalized spacial score (nSPS) is 16.0. The van der Waals surface area contributed by atoms with Crippen molar-refractivity contribution in [3.05, 3.63) is 362 Å². The van der Waals surface area contributed by atoms with Crippen molar-refractivity contribution >= 4 is 135 Å². The second-order valence-corrected chi connectivity index (χ2v) is 32.8. The number of benzene rings is 10. The van der Waals surface area contributed by atoms with Crippen LogP contribution in [0.3, 0.4) is 0 Å². The number of para-hydroxylation sites is 4. The molecule has 2 saturated heterocycles. The van der Waals surface area contributed by atoms with E-state index in [-0.39, 0.29) is 141 Å². The molecule has 3 fully saturated rings. The molecule has 0 spiro atoms. The Bertz CT molecular complexity index is 6170. The minimum absolute atomic E-state index is 0. The van der Waals surface area contributed by atoms with E-state index >= 15 is 0 Å². The molecule has 744 valence electrons. The summed E-state index contributed by atoms with van der Waals surface area (Å²) in [7, 11) is 11.3. The van der Waals surface area contributed by atoms with Crippen LogP contribution in [-0.2, 0) is 99.0 Å². The summed E-state index contributed by atoms with van der Waals surface area (Å²) in [4.78, 5) is 30.2. The Balaban J connectivity index is 0.000000158. The van der Waals surface area contributed by atoms with Gasteiger partial charge in [0.2, 0.25) is 0 Å². The van der Waals surface area contributed by atoms with Crippen molar-refractivity contribution in [2.75, 3.05) is 142 Å². The van der Waals surface area contributed by atoms with Crippen LogP contribution in [0.15, 0.2) is 225 Å². The molecule has 1 aliphatic carbocycles. The van der Waals surface area contributed by atoms with Gasteiger partial charge < -0.3 is 111 Å². The third-order valence-corrected chi connectivity index (χ3v) is 23.1. The molecule has 11 aromatic rings. The molecule has 12 heterocycles. The molecular formula is C103H93F6N29Os5-12. The summed E-state index contributed by atoms with van der Waals surface area (Å²) in [5, 5.41) is 52.4. The van der Waals surface area contributed by atoms with Gasteiger partial charge in [0.1, 0.15) is 0 Å². The van der Waals surface area contributed by atoms with E-state index in [1.54, 1.807) is 121 Å². The van der Waals surface area contributed by atoms with Gasteiger partial charge in [-0.3, -0.25) is 26.3 Å². The second kappa shape index (κ2) is 48.8. The van der Waals surface area contributed by atoms with Gasteiger partial charge >= 0.3 is 19.8 Å². The van der Waals surface area contributed by atoms with Crippen LogP contribution in [0, 0.1) is 176 Å². The summed E-state index contributed by atoms with van der Waals surface area (Å²) in [5.41, 5.74) is 18.2. The zero-order chi connectivity index (χ0) is 95.1. The van der Waals surface area contributed by atoms with Crippen LogP contribution in [0.25, 0.3) is 16.8 Å². The van der Waals surface area contributed by atoms with Crippen molar-refractivity contribution < 1.29 is 125 Å². The number of halogens is 6. The molecule has 10 aromatic carbocycles. The molecule has 1 saturated carbocycles. The first-order valence-electron chi connectivity index (χ1n) is 43.8. The number of aromatic nitrogens is 1. The number of pyridine rings is 1. The van der Waals surface area contributed by atoms with Crippen LogP contribution in [0.1, 0.15) is 60.2 Å². The predicted molar refractivity (Wildman–Crippen MR) is 533 cm³/mol. The van der Waals surface area contributed by atoms with E-state index in [9.17, 15) is 26.3 Å². The summed E-state index contributed by atoms with van der Waals surface area (Å²) >= 11 is 0. The van der Waals surface area contributed by atoms with Crippen molar-refractivity contribution in [1.29, 1.82) is 10.5 Å². The van der Waals surface area contributed by atoms with Gasteiger partial charge in [-0.05, 0) is 139 Å². The number of fused-ring (bicyclic) bond motifs is 7. The standard InChI is InChI=1S/C26H19F2N6.C24H19N4.C22H15F2N6.C13H16N7.C12H11F2N6.C5H10.CH3.5Os/c27-23-13-24(28)26(34-12-10-32(18-34)22-7-3-20(16-30)4-8-22)14-25(23)33-11-9-31(17-33)21-5-1-19(15-29)2-6-21;1-25-14-24-19-8-4-3-7-18(19)20-12-11-17(13-23(20)28(24)15-25)27-16-26(2)21-9-5-6-10-22(21)27;23-19-11-20(24)22(28-14-26-30(16-28)18-9-5-2-6-10-18)12-21(19)27-13-25-29(15-27)17-7-3-1-4-8-17;1-10-12(19-6-14-17(3)8-19)5-13(11(2)16-10)20-7-15-18(4)9-20;1-17-7-19(5-15-17)11-4-12(10(14)3-9(11)13)20-6-16-18(2)8-20;1-2-4-5-3-1;;;;;;/h1-8,13,17-18H,9-12H2;3-12,14-16H,1-2H3;1-11,13-16H;6-9H,1-4H3;3,5-8H,1-2H3;1-5H2;1H3;;;;;/q5*-3;;-1;;;;;+4. The van der Waals surface area contributed by atoms with Gasteiger partial charge in [-0.1, -0.05) is 205 Å². The third-order valence-electron chi connectivity index (χ3n) is 23.1. The first kappa shape index (κ1) is 109. The van der Waals surface area contributed by atoms with Gasteiger partial charge in [0, 0.05) is 180 Å². The number of nitriles is 2. The fraction of sp³-hybridized carbons (Fsp3) is 0.165. The summed E-state index contributed by atoms with van der Waals surface area (Å²) in [6.45, 7) is 24.1. The van der Waals surface area contributed by atoms with Crippen molar-refractivity contribution in [3.8, 4) is 23.3 Å².